The number of likely N-dealkylation sites (tertiary alicyclic amines) is 1. The number of benzene rings is 2. The van der Waals surface area contributed by atoms with Gasteiger partial charge in [-0.1, -0.05) is 60.7 Å². The molecule has 0 saturated carbocycles. The maximum absolute atomic E-state index is 12.3. The van der Waals surface area contributed by atoms with Gasteiger partial charge >= 0.3 is 0 Å². The summed E-state index contributed by atoms with van der Waals surface area (Å²) < 4.78 is 0. The minimum Gasteiger partial charge on any atom is -0.353 e. The minimum atomic E-state index is -0.241. The van der Waals surface area contributed by atoms with Crippen molar-refractivity contribution in [3.05, 3.63) is 71.8 Å². The number of nitrogens with zero attached hydrogens (tertiary/aromatic N) is 1. The fourth-order valence-electron chi connectivity index (χ4n) is 3.68. The van der Waals surface area contributed by atoms with E-state index in [-0.39, 0.29) is 42.8 Å². The molecule has 1 saturated heterocycles. The van der Waals surface area contributed by atoms with Gasteiger partial charge in [0.1, 0.15) is 0 Å². The zero-order valence-electron chi connectivity index (χ0n) is 16.3. The maximum Gasteiger partial charge on any atom is 0.222 e. The summed E-state index contributed by atoms with van der Waals surface area (Å²) in [4.78, 5) is 14.8. The number of halogens is 2. The van der Waals surface area contributed by atoms with Gasteiger partial charge in [-0.05, 0) is 30.9 Å². The maximum atomic E-state index is 12.3. The Hall–Kier alpha value is -1.59. The second-order valence-electron chi connectivity index (χ2n) is 7.19. The molecule has 0 spiro atoms. The standard InChI is InChI=1S/C22H29N3O.2ClH/c1-17(18-8-4-2-5-9-18)25-14-12-20(13-15-25)24-22(26)16-21(23)19-10-6-3-7-11-19;;/h2-11,17,20-21H,12-16,23H2,1H3,(H,24,26);2*1H. The lowest BCUT2D eigenvalue weighted by Crippen LogP contribution is -2.45. The molecule has 2 aromatic carbocycles. The molecule has 0 bridgehead atoms. The molecule has 0 radical (unpaired) electrons. The molecule has 3 rings (SSSR count). The Kier molecular flexibility index (Phi) is 10.5. The van der Waals surface area contributed by atoms with Crippen LogP contribution in [0.2, 0.25) is 0 Å². The van der Waals surface area contributed by atoms with E-state index in [9.17, 15) is 4.79 Å². The smallest absolute Gasteiger partial charge is 0.222 e. The molecular formula is C22H31Cl2N3O. The Bertz CT molecular complexity index is 691. The van der Waals surface area contributed by atoms with Crippen molar-refractivity contribution in [1.82, 2.24) is 10.2 Å². The molecular weight excluding hydrogens is 393 g/mol. The first-order valence-electron chi connectivity index (χ1n) is 9.52. The predicted molar refractivity (Wildman–Crippen MR) is 120 cm³/mol. The molecule has 1 fully saturated rings. The first-order valence-corrected chi connectivity index (χ1v) is 9.52. The normalized spacial score (nSPS) is 16.9. The number of rotatable bonds is 6. The van der Waals surface area contributed by atoms with Gasteiger partial charge in [0.25, 0.3) is 0 Å². The van der Waals surface area contributed by atoms with Gasteiger partial charge in [-0.2, -0.15) is 0 Å². The summed E-state index contributed by atoms with van der Waals surface area (Å²) in [5, 5.41) is 3.17. The van der Waals surface area contributed by atoms with Gasteiger partial charge in [0.2, 0.25) is 5.91 Å². The topological polar surface area (TPSA) is 58.4 Å². The summed E-state index contributed by atoms with van der Waals surface area (Å²) in [5.74, 6) is 0.0518. The summed E-state index contributed by atoms with van der Waals surface area (Å²) in [6, 6.07) is 20.9. The van der Waals surface area contributed by atoms with Crippen molar-refractivity contribution < 1.29 is 4.79 Å². The van der Waals surface area contributed by atoms with Crippen LogP contribution in [0.4, 0.5) is 0 Å². The third-order valence-corrected chi connectivity index (χ3v) is 5.36. The molecule has 6 heteroatoms. The Morgan fingerprint density at radius 3 is 2.04 bits per heavy atom. The van der Waals surface area contributed by atoms with E-state index in [4.69, 9.17) is 5.73 Å². The highest BCUT2D eigenvalue weighted by Crippen LogP contribution is 2.24. The fraction of sp³-hybridized carbons (Fsp3) is 0.409. The van der Waals surface area contributed by atoms with Crippen LogP contribution in [0.1, 0.15) is 49.4 Å². The largest absolute Gasteiger partial charge is 0.353 e. The third kappa shape index (κ3) is 6.78. The zero-order chi connectivity index (χ0) is 18.4. The van der Waals surface area contributed by atoms with Crippen LogP contribution in [-0.4, -0.2) is 29.9 Å². The van der Waals surface area contributed by atoms with Gasteiger partial charge in [-0.3, -0.25) is 9.69 Å². The van der Waals surface area contributed by atoms with E-state index < -0.39 is 0 Å². The molecule has 4 nitrogen and oxygen atoms in total. The number of nitrogens with two attached hydrogens (primary N) is 1. The predicted octanol–water partition coefficient (Wildman–Crippen LogP) is 4.26. The SMILES string of the molecule is CC(c1ccccc1)N1CCC(NC(=O)CC(N)c2ccccc2)CC1.Cl.Cl. The summed E-state index contributed by atoms with van der Waals surface area (Å²) in [6.45, 7) is 4.27. The van der Waals surface area contributed by atoms with E-state index in [0.717, 1.165) is 31.5 Å². The number of nitrogens with one attached hydrogen (secondary N) is 1. The Morgan fingerprint density at radius 2 is 1.50 bits per heavy atom. The quantitative estimate of drug-likeness (QED) is 0.729. The Balaban J connectivity index is 0.00000196. The second kappa shape index (κ2) is 12.1. The molecule has 2 unspecified atom stereocenters. The van der Waals surface area contributed by atoms with Gasteiger partial charge in [-0.15, -0.1) is 24.8 Å². The fourth-order valence-corrected chi connectivity index (χ4v) is 3.68. The number of carbonyl (C=O) groups excluding carboxylic acids is 1. The zero-order valence-corrected chi connectivity index (χ0v) is 17.9. The van der Waals surface area contributed by atoms with Crippen LogP contribution in [-0.2, 0) is 4.79 Å². The van der Waals surface area contributed by atoms with E-state index in [1.165, 1.54) is 5.56 Å². The first kappa shape index (κ1) is 24.4. The van der Waals surface area contributed by atoms with Gasteiger partial charge in [0.05, 0.1) is 0 Å². The van der Waals surface area contributed by atoms with Gasteiger partial charge in [-0.25, -0.2) is 0 Å². The summed E-state index contributed by atoms with van der Waals surface area (Å²) in [7, 11) is 0. The molecule has 154 valence electrons. The highest BCUT2D eigenvalue weighted by molar-refractivity contribution is 5.85. The van der Waals surface area contributed by atoms with E-state index in [1.54, 1.807) is 0 Å². The third-order valence-electron chi connectivity index (χ3n) is 5.36. The van der Waals surface area contributed by atoms with E-state index in [0.29, 0.717) is 12.5 Å². The number of hydrogen-bond acceptors (Lipinski definition) is 3. The van der Waals surface area contributed by atoms with Crippen LogP contribution in [0.15, 0.2) is 60.7 Å². The molecule has 1 heterocycles. The van der Waals surface area contributed by atoms with Crippen molar-refractivity contribution in [1.29, 1.82) is 0 Å². The van der Waals surface area contributed by atoms with Crippen LogP contribution in [0, 0.1) is 0 Å². The molecule has 28 heavy (non-hydrogen) atoms. The van der Waals surface area contributed by atoms with Crippen molar-refractivity contribution in [3.63, 3.8) is 0 Å². The highest BCUT2D eigenvalue weighted by atomic mass is 35.5. The van der Waals surface area contributed by atoms with Crippen LogP contribution >= 0.6 is 24.8 Å². The second-order valence-corrected chi connectivity index (χ2v) is 7.19. The van der Waals surface area contributed by atoms with Crippen LogP contribution in [0.5, 0.6) is 0 Å². The van der Waals surface area contributed by atoms with Gasteiger partial charge in [0.15, 0.2) is 0 Å². The lowest BCUT2D eigenvalue weighted by molar-refractivity contribution is -0.122. The average Bonchev–Trinajstić information content (AvgIpc) is 2.69. The number of carbonyl (C=O) groups is 1. The Morgan fingerprint density at radius 1 is 1.00 bits per heavy atom. The lowest BCUT2D eigenvalue weighted by atomic mass is 9.99. The average molecular weight is 424 g/mol. The van der Waals surface area contributed by atoms with Crippen LogP contribution in [0.3, 0.4) is 0 Å². The summed E-state index contributed by atoms with van der Waals surface area (Å²) >= 11 is 0. The van der Waals surface area contributed by atoms with E-state index in [2.05, 4.69) is 47.5 Å². The van der Waals surface area contributed by atoms with E-state index in [1.807, 2.05) is 30.3 Å². The first-order chi connectivity index (χ1) is 12.6. The van der Waals surface area contributed by atoms with Crippen molar-refractivity contribution in [3.8, 4) is 0 Å². The molecule has 1 aliphatic rings. The van der Waals surface area contributed by atoms with Gasteiger partial charge in [0, 0.05) is 37.6 Å². The summed E-state index contributed by atoms with van der Waals surface area (Å²) in [6.07, 6.45) is 2.32. The van der Waals surface area contributed by atoms with Crippen LogP contribution in [0.25, 0.3) is 0 Å². The van der Waals surface area contributed by atoms with Crippen molar-refractivity contribution in [2.45, 2.75) is 44.3 Å². The van der Waals surface area contributed by atoms with Crippen molar-refractivity contribution >= 4 is 30.7 Å². The molecule has 3 N–H and O–H groups in total. The molecule has 2 aromatic rings. The molecule has 1 aliphatic heterocycles. The lowest BCUT2D eigenvalue weighted by Gasteiger charge is -2.36. The monoisotopic (exact) mass is 423 g/mol. The van der Waals surface area contributed by atoms with Crippen molar-refractivity contribution in [2.24, 2.45) is 5.73 Å². The Labute approximate surface area is 180 Å². The minimum absolute atomic E-state index is 0. The van der Waals surface area contributed by atoms with E-state index >= 15 is 0 Å². The highest BCUT2D eigenvalue weighted by Gasteiger charge is 2.24. The number of hydrogen-bond donors (Lipinski definition) is 2. The van der Waals surface area contributed by atoms with Crippen LogP contribution < -0.4 is 11.1 Å². The molecule has 0 aromatic heterocycles. The van der Waals surface area contributed by atoms with Crippen molar-refractivity contribution in [2.75, 3.05) is 13.1 Å². The number of amides is 1. The van der Waals surface area contributed by atoms with Gasteiger partial charge < -0.3 is 11.1 Å². The molecule has 1 amide bonds. The molecule has 0 aliphatic carbocycles. The summed E-state index contributed by atoms with van der Waals surface area (Å²) in [5.41, 5.74) is 8.52. The number of piperidine rings is 1. The molecule has 2 atom stereocenters.